The molecule has 1 atom stereocenters. The van der Waals surface area contributed by atoms with Gasteiger partial charge in [0.05, 0.1) is 6.10 Å². The minimum Gasteiger partial charge on any atom is -0.393 e. The number of halogens is 3. The van der Waals surface area contributed by atoms with Crippen molar-refractivity contribution in [3.63, 3.8) is 0 Å². The van der Waals surface area contributed by atoms with E-state index >= 15 is 0 Å². The van der Waals surface area contributed by atoms with Gasteiger partial charge >= 0.3 is 0 Å². The molecular formula is C10H11BrF2O. The Balaban J connectivity index is 2.82. The first-order valence-corrected chi connectivity index (χ1v) is 5.11. The molecule has 0 amide bonds. The van der Waals surface area contributed by atoms with E-state index in [4.69, 9.17) is 5.11 Å². The molecule has 4 heteroatoms. The molecule has 0 saturated carbocycles. The summed E-state index contributed by atoms with van der Waals surface area (Å²) in [6.07, 6.45) is 0.620. The fourth-order valence-electron chi connectivity index (χ4n) is 1.12. The van der Waals surface area contributed by atoms with Gasteiger partial charge < -0.3 is 5.11 Å². The number of hydrogen-bond acceptors (Lipinski definition) is 1. The van der Waals surface area contributed by atoms with Crippen LogP contribution < -0.4 is 0 Å². The van der Waals surface area contributed by atoms with Crippen molar-refractivity contribution in [3.8, 4) is 0 Å². The third-order valence-electron chi connectivity index (χ3n) is 1.92. The Morgan fingerprint density at radius 2 is 1.93 bits per heavy atom. The fourth-order valence-corrected chi connectivity index (χ4v) is 1.63. The van der Waals surface area contributed by atoms with E-state index < -0.39 is 17.7 Å². The Labute approximate surface area is 89.9 Å². The van der Waals surface area contributed by atoms with E-state index in [0.717, 1.165) is 12.1 Å². The van der Waals surface area contributed by atoms with Crippen molar-refractivity contribution in [2.45, 2.75) is 25.9 Å². The van der Waals surface area contributed by atoms with Crippen molar-refractivity contribution in [2.24, 2.45) is 0 Å². The van der Waals surface area contributed by atoms with Gasteiger partial charge in [-0.25, -0.2) is 8.78 Å². The van der Waals surface area contributed by atoms with Crippen LogP contribution >= 0.6 is 15.9 Å². The van der Waals surface area contributed by atoms with Crippen LogP contribution in [0.5, 0.6) is 0 Å². The number of hydrogen-bond donors (Lipinski definition) is 1. The van der Waals surface area contributed by atoms with Gasteiger partial charge in [-0.05, 0) is 37.5 Å². The van der Waals surface area contributed by atoms with Gasteiger partial charge in [0.2, 0.25) is 0 Å². The molecule has 1 rings (SSSR count). The highest BCUT2D eigenvalue weighted by Gasteiger charge is 2.08. The SMILES string of the molecule is CC(O)CCc1cc(F)c(F)cc1Br. The van der Waals surface area contributed by atoms with Crippen molar-refractivity contribution in [1.29, 1.82) is 0 Å². The summed E-state index contributed by atoms with van der Waals surface area (Å²) in [5.41, 5.74) is 0.671. The van der Waals surface area contributed by atoms with Crippen LogP contribution in [-0.2, 0) is 6.42 Å². The Bertz CT molecular complexity index is 326. The molecule has 1 nitrogen and oxygen atoms in total. The molecule has 0 saturated heterocycles. The molecule has 0 radical (unpaired) electrons. The van der Waals surface area contributed by atoms with E-state index in [1.807, 2.05) is 0 Å². The molecule has 0 spiro atoms. The van der Waals surface area contributed by atoms with Crippen LogP contribution in [0.4, 0.5) is 8.78 Å². The van der Waals surface area contributed by atoms with Crippen molar-refractivity contribution >= 4 is 15.9 Å². The summed E-state index contributed by atoms with van der Waals surface area (Å²) in [5.74, 6) is -1.72. The van der Waals surface area contributed by atoms with Crippen LogP contribution in [0.2, 0.25) is 0 Å². The number of rotatable bonds is 3. The van der Waals surface area contributed by atoms with E-state index in [-0.39, 0.29) is 0 Å². The molecule has 0 aliphatic rings. The number of benzene rings is 1. The zero-order valence-electron chi connectivity index (χ0n) is 7.73. The monoisotopic (exact) mass is 264 g/mol. The molecule has 0 aliphatic heterocycles. The molecule has 0 aromatic heterocycles. The molecule has 1 aromatic carbocycles. The molecule has 14 heavy (non-hydrogen) atoms. The number of aliphatic hydroxyl groups is 1. The molecule has 1 unspecified atom stereocenters. The Kier molecular flexibility index (Phi) is 4.01. The van der Waals surface area contributed by atoms with Gasteiger partial charge in [0.1, 0.15) is 0 Å². The van der Waals surface area contributed by atoms with Gasteiger partial charge in [0.25, 0.3) is 0 Å². The van der Waals surface area contributed by atoms with Crippen LogP contribution in [0.15, 0.2) is 16.6 Å². The predicted molar refractivity (Wildman–Crippen MR) is 54.1 cm³/mol. The van der Waals surface area contributed by atoms with Crippen molar-refractivity contribution in [3.05, 3.63) is 33.8 Å². The van der Waals surface area contributed by atoms with Crippen LogP contribution in [0.3, 0.4) is 0 Å². The van der Waals surface area contributed by atoms with Gasteiger partial charge in [-0.3, -0.25) is 0 Å². The Morgan fingerprint density at radius 3 is 2.50 bits per heavy atom. The largest absolute Gasteiger partial charge is 0.393 e. The first-order chi connectivity index (χ1) is 6.50. The van der Waals surface area contributed by atoms with E-state index in [2.05, 4.69) is 15.9 Å². The smallest absolute Gasteiger partial charge is 0.159 e. The highest BCUT2D eigenvalue weighted by atomic mass is 79.9. The zero-order chi connectivity index (χ0) is 10.7. The van der Waals surface area contributed by atoms with Crippen LogP contribution in [0.25, 0.3) is 0 Å². The minimum absolute atomic E-state index is 0.435. The lowest BCUT2D eigenvalue weighted by Gasteiger charge is -2.07. The zero-order valence-corrected chi connectivity index (χ0v) is 9.31. The Morgan fingerprint density at radius 1 is 1.36 bits per heavy atom. The predicted octanol–water partition coefficient (Wildman–Crippen LogP) is 3.04. The summed E-state index contributed by atoms with van der Waals surface area (Å²) < 4.78 is 26.1. The molecular weight excluding hydrogens is 254 g/mol. The summed E-state index contributed by atoms with van der Waals surface area (Å²) in [6.45, 7) is 1.66. The highest BCUT2D eigenvalue weighted by molar-refractivity contribution is 9.10. The second kappa shape index (κ2) is 4.84. The van der Waals surface area contributed by atoms with Gasteiger partial charge in [0, 0.05) is 4.47 Å². The van der Waals surface area contributed by atoms with Crippen LogP contribution in [0, 0.1) is 11.6 Å². The summed E-state index contributed by atoms with van der Waals surface area (Å²) >= 11 is 3.14. The lowest BCUT2D eigenvalue weighted by Crippen LogP contribution is -2.02. The van der Waals surface area contributed by atoms with Crippen molar-refractivity contribution < 1.29 is 13.9 Å². The quantitative estimate of drug-likeness (QED) is 0.833. The standard InChI is InChI=1S/C10H11BrF2O/c1-6(14)2-3-7-4-9(12)10(13)5-8(7)11/h4-6,14H,2-3H2,1H3. The second-order valence-electron chi connectivity index (χ2n) is 3.25. The van der Waals surface area contributed by atoms with E-state index in [1.54, 1.807) is 6.92 Å². The van der Waals surface area contributed by atoms with E-state index in [9.17, 15) is 8.78 Å². The summed E-state index contributed by atoms with van der Waals surface area (Å²) in [6, 6.07) is 2.26. The average molecular weight is 265 g/mol. The lowest BCUT2D eigenvalue weighted by atomic mass is 10.1. The topological polar surface area (TPSA) is 20.2 Å². The average Bonchev–Trinajstić information content (AvgIpc) is 2.09. The van der Waals surface area contributed by atoms with Gasteiger partial charge in [-0.2, -0.15) is 0 Å². The molecule has 0 bridgehead atoms. The molecule has 1 N–H and O–H groups in total. The maximum Gasteiger partial charge on any atom is 0.159 e. The van der Waals surface area contributed by atoms with Gasteiger partial charge in [-0.15, -0.1) is 0 Å². The molecule has 1 aromatic rings. The summed E-state index contributed by atoms with van der Waals surface area (Å²) in [5, 5.41) is 9.05. The number of aryl methyl sites for hydroxylation is 1. The summed E-state index contributed by atoms with van der Waals surface area (Å²) in [4.78, 5) is 0. The van der Waals surface area contributed by atoms with E-state index in [0.29, 0.717) is 22.9 Å². The first kappa shape index (κ1) is 11.6. The van der Waals surface area contributed by atoms with Crippen LogP contribution in [-0.4, -0.2) is 11.2 Å². The van der Waals surface area contributed by atoms with Crippen molar-refractivity contribution in [1.82, 2.24) is 0 Å². The highest BCUT2D eigenvalue weighted by Crippen LogP contribution is 2.22. The van der Waals surface area contributed by atoms with Gasteiger partial charge in [-0.1, -0.05) is 15.9 Å². The van der Waals surface area contributed by atoms with E-state index in [1.165, 1.54) is 0 Å². The molecule has 0 heterocycles. The third kappa shape index (κ3) is 3.03. The van der Waals surface area contributed by atoms with Gasteiger partial charge in [0.15, 0.2) is 11.6 Å². The van der Waals surface area contributed by atoms with Crippen LogP contribution in [0.1, 0.15) is 18.9 Å². The maximum absolute atomic E-state index is 12.8. The first-order valence-electron chi connectivity index (χ1n) is 4.32. The molecule has 0 fully saturated rings. The fraction of sp³-hybridized carbons (Fsp3) is 0.400. The minimum atomic E-state index is -0.863. The normalized spacial score (nSPS) is 12.9. The molecule has 0 aliphatic carbocycles. The number of aliphatic hydroxyl groups excluding tert-OH is 1. The maximum atomic E-state index is 12.8. The lowest BCUT2D eigenvalue weighted by molar-refractivity contribution is 0.185. The Hall–Kier alpha value is -0.480. The second-order valence-corrected chi connectivity index (χ2v) is 4.10. The van der Waals surface area contributed by atoms with Crippen molar-refractivity contribution in [2.75, 3.05) is 0 Å². The summed E-state index contributed by atoms with van der Waals surface area (Å²) in [7, 11) is 0. The third-order valence-corrected chi connectivity index (χ3v) is 2.66. The molecule has 78 valence electrons.